The molecule has 0 fully saturated rings. The number of aliphatic hydroxyl groups is 1. The van der Waals surface area contributed by atoms with Crippen molar-refractivity contribution in [2.45, 2.75) is 86.0 Å². The molecule has 0 heterocycles. The van der Waals surface area contributed by atoms with Crippen molar-refractivity contribution in [3.8, 4) is 0 Å². The summed E-state index contributed by atoms with van der Waals surface area (Å²) in [5, 5.41) is 15.2. The van der Waals surface area contributed by atoms with E-state index in [2.05, 4.69) is 31.4 Å². The maximum absolute atomic E-state index is 12.4. The van der Waals surface area contributed by atoms with Gasteiger partial charge in [0.25, 0.3) is 0 Å². The van der Waals surface area contributed by atoms with Gasteiger partial charge in [-0.3, -0.25) is 9.59 Å². The van der Waals surface area contributed by atoms with Gasteiger partial charge in [0, 0.05) is 44.6 Å². The predicted octanol–water partition coefficient (Wildman–Crippen LogP) is 3.67. The Morgan fingerprint density at radius 1 is 0.931 bits per heavy atom. The quantitative estimate of drug-likeness (QED) is 0.336. The lowest BCUT2D eigenvalue weighted by Gasteiger charge is -2.31. The van der Waals surface area contributed by atoms with Crippen LogP contribution < -0.4 is 10.6 Å². The average molecular weight is 415 g/mol. The minimum Gasteiger partial charge on any atom is -0.396 e. The molecule has 0 aromatic carbocycles. The summed E-state index contributed by atoms with van der Waals surface area (Å²) in [6.45, 7) is 12.5. The lowest BCUT2D eigenvalue weighted by molar-refractivity contribution is -0.130. The molecular formula is C23H46N2O4. The Labute approximate surface area is 178 Å². The Kier molecular flexibility index (Phi) is 14.2. The standard InChI is InChI=1S/C23H46N2O4/c1-22(2,3)18-23(4,5)21(28)25-15-10-7-8-13-20(27)24-14-11-9-12-19(16-26)17-29-6/h19,26H,7-18H2,1-6H3,(H,24,27)(H,25,28). The van der Waals surface area contributed by atoms with Gasteiger partial charge in [-0.1, -0.05) is 47.5 Å². The third-order valence-electron chi connectivity index (χ3n) is 4.98. The first kappa shape index (κ1) is 27.9. The first-order valence-corrected chi connectivity index (χ1v) is 11.2. The Morgan fingerprint density at radius 3 is 2.14 bits per heavy atom. The van der Waals surface area contributed by atoms with E-state index in [0.717, 1.165) is 44.9 Å². The van der Waals surface area contributed by atoms with E-state index in [1.54, 1.807) is 7.11 Å². The molecule has 0 saturated carbocycles. The molecule has 1 unspecified atom stereocenters. The molecule has 6 heteroatoms. The minimum atomic E-state index is -0.362. The normalized spacial score (nSPS) is 13.2. The second-order valence-electron chi connectivity index (χ2n) is 10.0. The number of methoxy groups -OCH3 is 1. The van der Waals surface area contributed by atoms with Crippen LogP contribution in [0.4, 0.5) is 0 Å². The molecule has 3 N–H and O–H groups in total. The molecule has 0 radical (unpaired) electrons. The van der Waals surface area contributed by atoms with Crippen molar-refractivity contribution >= 4 is 11.8 Å². The molecular weight excluding hydrogens is 368 g/mol. The van der Waals surface area contributed by atoms with E-state index in [1.165, 1.54) is 0 Å². The van der Waals surface area contributed by atoms with Gasteiger partial charge in [0.2, 0.25) is 11.8 Å². The molecule has 2 amide bonds. The molecule has 0 saturated heterocycles. The molecule has 1 atom stereocenters. The highest BCUT2D eigenvalue weighted by Gasteiger charge is 2.32. The predicted molar refractivity (Wildman–Crippen MR) is 119 cm³/mol. The van der Waals surface area contributed by atoms with Crippen molar-refractivity contribution in [2.75, 3.05) is 33.4 Å². The lowest BCUT2D eigenvalue weighted by Crippen LogP contribution is -2.39. The third-order valence-corrected chi connectivity index (χ3v) is 4.98. The van der Waals surface area contributed by atoms with E-state index >= 15 is 0 Å². The van der Waals surface area contributed by atoms with Gasteiger partial charge in [0.05, 0.1) is 6.61 Å². The van der Waals surface area contributed by atoms with Crippen LogP contribution in [0.1, 0.15) is 86.0 Å². The topological polar surface area (TPSA) is 87.7 Å². The summed E-state index contributed by atoms with van der Waals surface area (Å²) in [6, 6.07) is 0. The molecule has 172 valence electrons. The summed E-state index contributed by atoms with van der Waals surface area (Å²) in [7, 11) is 1.64. The number of hydrogen-bond donors (Lipinski definition) is 3. The van der Waals surface area contributed by atoms with Crippen LogP contribution in [0.15, 0.2) is 0 Å². The van der Waals surface area contributed by atoms with Crippen LogP contribution in [0, 0.1) is 16.7 Å². The SMILES string of the molecule is COCC(CO)CCCCNC(=O)CCCCCNC(=O)C(C)(C)CC(C)(C)C. The molecule has 0 aliphatic heterocycles. The largest absolute Gasteiger partial charge is 0.396 e. The lowest BCUT2D eigenvalue weighted by atomic mass is 9.76. The van der Waals surface area contributed by atoms with Crippen molar-refractivity contribution in [3.63, 3.8) is 0 Å². The molecule has 0 aromatic rings. The molecule has 6 nitrogen and oxygen atoms in total. The zero-order chi connectivity index (χ0) is 22.3. The van der Waals surface area contributed by atoms with E-state index in [0.29, 0.717) is 26.1 Å². The van der Waals surface area contributed by atoms with Gasteiger partial charge in [0.1, 0.15) is 0 Å². The number of aliphatic hydroxyl groups excluding tert-OH is 1. The Bertz CT molecular complexity index is 458. The summed E-state index contributed by atoms with van der Waals surface area (Å²) >= 11 is 0. The first-order chi connectivity index (χ1) is 13.5. The van der Waals surface area contributed by atoms with E-state index in [4.69, 9.17) is 4.74 Å². The third kappa shape index (κ3) is 15.4. The zero-order valence-electron chi connectivity index (χ0n) is 19.7. The molecule has 0 aliphatic carbocycles. The number of hydrogen-bond acceptors (Lipinski definition) is 4. The van der Waals surface area contributed by atoms with Crippen molar-refractivity contribution in [1.82, 2.24) is 10.6 Å². The van der Waals surface area contributed by atoms with Crippen LogP contribution in [-0.4, -0.2) is 50.3 Å². The highest BCUT2D eigenvalue weighted by atomic mass is 16.5. The van der Waals surface area contributed by atoms with E-state index in [1.807, 2.05) is 13.8 Å². The van der Waals surface area contributed by atoms with E-state index in [-0.39, 0.29) is 35.2 Å². The van der Waals surface area contributed by atoms with E-state index in [9.17, 15) is 14.7 Å². The minimum absolute atomic E-state index is 0.0935. The number of rotatable bonds is 16. The highest BCUT2D eigenvalue weighted by molar-refractivity contribution is 5.81. The van der Waals surface area contributed by atoms with Crippen molar-refractivity contribution in [3.05, 3.63) is 0 Å². The Morgan fingerprint density at radius 2 is 1.55 bits per heavy atom. The number of carbonyl (C=O) groups is 2. The molecule has 29 heavy (non-hydrogen) atoms. The number of ether oxygens (including phenoxy) is 1. The highest BCUT2D eigenvalue weighted by Crippen LogP contribution is 2.33. The fourth-order valence-corrected chi connectivity index (χ4v) is 3.77. The summed E-state index contributed by atoms with van der Waals surface area (Å²) in [5.74, 6) is 0.394. The summed E-state index contributed by atoms with van der Waals surface area (Å²) in [5.41, 5.74) is -0.239. The monoisotopic (exact) mass is 414 g/mol. The fraction of sp³-hybridized carbons (Fsp3) is 0.913. The maximum Gasteiger partial charge on any atom is 0.225 e. The second kappa shape index (κ2) is 14.8. The van der Waals surface area contributed by atoms with Crippen molar-refractivity contribution < 1.29 is 19.4 Å². The molecule has 0 aliphatic rings. The smallest absolute Gasteiger partial charge is 0.225 e. The van der Waals surface area contributed by atoms with Gasteiger partial charge in [-0.25, -0.2) is 0 Å². The van der Waals surface area contributed by atoms with Gasteiger partial charge in [-0.2, -0.15) is 0 Å². The van der Waals surface area contributed by atoms with Crippen LogP contribution >= 0.6 is 0 Å². The maximum atomic E-state index is 12.4. The van der Waals surface area contributed by atoms with Crippen LogP contribution in [-0.2, 0) is 14.3 Å². The summed E-state index contributed by atoms with van der Waals surface area (Å²) < 4.78 is 5.06. The van der Waals surface area contributed by atoms with E-state index < -0.39 is 0 Å². The van der Waals surface area contributed by atoms with Gasteiger partial charge < -0.3 is 20.5 Å². The first-order valence-electron chi connectivity index (χ1n) is 11.2. The van der Waals surface area contributed by atoms with Crippen molar-refractivity contribution in [1.29, 1.82) is 0 Å². The van der Waals surface area contributed by atoms with Gasteiger partial charge in [-0.05, 0) is 37.5 Å². The number of carbonyl (C=O) groups excluding carboxylic acids is 2. The molecule has 0 bridgehead atoms. The fourth-order valence-electron chi connectivity index (χ4n) is 3.77. The summed E-state index contributed by atoms with van der Waals surface area (Å²) in [4.78, 5) is 24.2. The van der Waals surface area contributed by atoms with Crippen LogP contribution in [0.3, 0.4) is 0 Å². The Balaban J connectivity index is 3.70. The molecule has 0 aromatic heterocycles. The second-order valence-corrected chi connectivity index (χ2v) is 10.0. The molecule has 0 spiro atoms. The van der Waals surface area contributed by atoms with Crippen LogP contribution in [0.2, 0.25) is 0 Å². The van der Waals surface area contributed by atoms with Gasteiger partial charge >= 0.3 is 0 Å². The summed E-state index contributed by atoms with van der Waals surface area (Å²) in [6.07, 6.45) is 6.86. The number of amides is 2. The average Bonchev–Trinajstić information content (AvgIpc) is 2.61. The molecule has 0 rings (SSSR count). The van der Waals surface area contributed by atoms with Crippen LogP contribution in [0.5, 0.6) is 0 Å². The van der Waals surface area contributed by atoms with Gasteiger partial charge in [-0.15, -0.1) is 0 Å². The zero-order valence-corrected chi connectivity index (χ0v) is 19.7. The number of nitrogens with one attached hydrogen (secondary N) is 2. The number of unbranched alkanes of at least 4 members (excludes halogenated alkanes) is 3. The Hall–Kier alpha value is -1.14. The van der Waals surface area contributed by atoms with Crippen molar-refractivity contribution in [2.24, 2.45) is 16.7 Å². The van der Waals surface area contributed by atoms with Gasteiger partial charge in [0.15, 0.2) is 0 Å². The van der Waals surface area contributed by atoms with Crippen LogP contribution in [0.25, 0.3) is 0 Å².